The van der Waals surface area contributed by atoms with Crippen molar-refractivity contribution in [3.63, 3.8) is 0 Å². The van der Waals surface area contributed by atoms with E-state index in [9.17, 15) is 13.6 Å². The molecule has 0 unspecified atom stereocenters. The molecule has 1 aromatic carbocycles. The molecule has 2 atom stereocenters. The maximum atomic E-state index is 13.5. The second-order valence-electron chi connectivity index (χ2n) is 7.56. The summed E-state index contributed by atoms with van der Waals surface area (Å²) in [6.45, 7) is 0.744. The molecule has 0 aliphatic carbocycles. The van der Waals surface area contributed by atoms with Gasteiger partial charge in [-0.15, -0.1) is 21.2 Å². The number of halogens is 3. The first-order valence-electron chi connectivity index (χ1n) is 9.25. The summed E-state index contributed by atoms with van der Waals surface area (Å²) in [4.78, 5) is 18.7. The van der Waals surface area contributed by atoms with Crippen LogP contribution in [0.2, 0.25) is 0 Å². The Balaban J connectivity index is 0.00000205. The summed E-state index contributed by atoms with van der Waals surface area (Å²) in [5.74, 6) is 0.159. The molecule has 29 heavy (non-hydrogen) atoms. The summed E-state index contributed by atoms with van der Waals surface area (Å²) < 4.78 is 36.2. The number of hydrogen-bond donors (Lipinski definition) is 1. The maximum absolute atomic E-state index is 13.5. The van der Waals surface area contributed by atoms with Gasteiger partial charge in [0.25, 0.3) is 0 Å². The Morgan fingerprint density at radius 1 is 1.24 bits per heavy atom. The molecule has 4 heterocycles. The Morgan fingerprint density at radius 2 is 2.07 bits per heavy atom. The number of hydrogen-bond acceptors (Lipinski definition) is 5. The summed E-state index contributed by atoms with van der Waals surface area (Å²) in [5.41, 5.74) is 1.49. The predicted octanol–water partition coefficient (Wildman–Crippen LogP) is 3.52. The molecule has 6 nitrogen and oxygen atoms in total. The van der Waals surface area contributed by atoms with Gasteiger partial charge in [-0.1, -0.05) is 12.1 Å². The Morgan fingerprint density at radius 3 is 2.83 bits per heavy atom. The van der Waals surface area contributed by atoms with Crippen LogP contribution >= 0.6 is 12.4 Å². The average molecular weight is 424 g/mol. The van der Waals surface area contributed by atoms with Crippen LogP contribution in [-0.2, 0) is 4.79 Å². The van der Waals surface area contributed by atoms with Crippen molar-refractivity contribution in [2.75, 3.05) is 13.6 Å². The number of ether oxygens (including phenoxy) is 2. The van der Waals surface area contributed by atoms with Crippen molar-refractivity contribution in [3.05, 3.63) is 42.2 Å². The van der Waals surface area contributed by atoms with Gasteiger partial charge in [0, 0.05) is 25.4 Å². The lowest BCUT2D eigenvalue weighted by molar-refractivity contribution is -0.286. The van der Waals surface area contributed by atoms with Crippen LogP contribution in [-0.4, -0.2) is 41.2 Å². The fourth-order valence-corrected chi connectivity index (χ4v) is 4.39. The lowest BCUT2D eigenvalue weighted by atomic mass is 9.96. The first kappa shape index (κ1) is 19.8. The van der Waals surface area contributed by atoms with Gasteiger partial charge < -0.3 is 14.4 Å². The monoisotopic (exact) mass is 423 g/mol. The lowest BCUT2D eigenvalue weighted by Crippen LogP contribution is -2.47. The van der Waals surface area contributed by atoms with Crippen molar-refractivity contribution in [2.45, 2.75) is 37.1 Å². The van der Waals surface area contributed by atoms with E-state index in [0.29, 0.717) is 11.1 Å². The predicted molar refractivity (Wildman–Crippen MR) is 103 cm³/mol. The van der Waals surface area contributed by atoms with Crippen LogP contribution in [0.4, 0.5) is 8.78 Å². The second kappa shape index (κ2) is 6.81. The van der Waals surface area contributed by atoms with Crippen LogP contribution < -0.4 is 14.8 Å². The van der Waals surface area contributed by atoms with Crippen molar-refractivity contribution >= 4 is 18.3 Å². The zero-order valence-electron chi connectivity index (χ0n) is 15.7. The van der Waals surface area contributed by atoms with Gasteiger partial charge in [0.1, 0.15) is 5.54 Å². The minimum Gasteiger partial charge on any atom is -0.395 e. The zero-order chi connectivity index (χ0) is 19.5. The summed E-state index contributed by atoms with van der Waals surface area (Å²) in [6.07, 6.45) is 0.318. The highest BCUT2D eigenvalue weighted by molar-refractivity contribution is 5.88. The minimum absolute atomic E-state index is 0. The third-order valence-electron chi connectivity index (χ3n) is 5.82. The summed E-state index contributed by atoms with van der Waals surface area (Å²) in [5, 5.41) is 3.48. The van der Waals surface area contributed by atoms with Gasteiger partial charge in [-0.2, -0.15) is 0 Å². The van der Waals surface area contributed by atoms with Crippen LogP contribution in [0.5, 0.6) is 11.5 Å². The first-order chi connectivity index (χ1) is 13.4. The molecule has 1 aromatic heterocycles. The number of carbonyl (C=O) groups excluding carboxylic acids is 1. The van der Waals surface area contributed by atoms with E-state index in [0.717, 1.165) is 31.5 Å². The molecular formula is C20H20ClF2N3O3. The molecule has 5 rings (SSSR count). The van der Waals surface area contributed by atoms with Crippen LogP contribution in [0.3, 0.4) is 0 Å². The molecule has 2 fully saturated rings. The number of rotatable bonds is 2. The van der Waals surface area contributed by atoms with Gasteiger partial charge in [0.2, 0.25) is 5.91 Å². The topological polar surface area (TPSA) is 63.7 Å². The number of fused-ring (bicyclic) bond motifs is 1. The highest BCUT2D eigenvalue weighted by Crippen LogP contribution is 2.47. The van der Waals surface area contributed by atoms with Crippen LogP contribution in [0.15, 0.2) is 36.5 Å². The fraction of sp³-hybridized carbons (Fsp3) is 0.400. The summed E-state index contributed by atoms with van der Waals surface area (Å²) >= 11 is 0. The molecule has 2 saturated heterocycles. The molecule has 0 saturated carbocycles. The van der Waals surface area contributed by atoms with Crippen molar-refractivity contribution in [1.82, 2.24) is 15.2 Å². The molecule has 2 aromatic rings. The highest BCUT2D eigenvalue weighted by Gasteiger charge is 2.50. The van der Waals surface area contributed by atoms with Crippen molar-refractivity contribution in [1.29, 1.82) is 0 Å². The maximum Gasteiger partial charge on any atom is 0.586 e. The van der Waals surface area contributed by atoms with E-state index in [1.807, 2.05) is 13.1 Å². The first-order valence-corrected chi connectivity index (χ1v) is 9.25. The lowest BCUT2D eigenvalue weighted by Gasteiger charge is -2.23. The molecule has 3 aliphatic heterocycles. The third-order valence-corrected chi connectivity index (χ3v) is 5.82. The van der Waals surface area contributed by atoms with E-state index in [-0.39, 0.29) is 35.9 Å². The van der Waals surface area contributed by atoms with E-state index >= 15 is 0 Å². The van der Waals surface area contributed by atoms with E-state index < -0.39 is 11.8 Å². The number of aromatic nitrogens is 1. The van der Waals surface area contributed by atoms with Gasteiger partial charge in [-0.3, -0.25) is 15.1 Å². The summed E-state index contributed by atoms with van der Waals surface area (Å²) in [7, 11) is 1.82. The standard InChI is InChI=1S/C20H19F2N3O3.ClH/c1-25-10-8-19(18(25)26)7-5-14(24-19)15-11-12(6-9-23-15)13-3-2-4-16-17(13)28-20(21,22)27-16;/h2-4,6,9,11,14,24H,5,7-8,10H2,1H3;1H/t14-,19+;/m1./s1. The molecule has 154 valence electrons. The normalized spacial score (nSPS) is 26.8. The molecule has 0 radical (unpaired) electrons. The Labute approximate surface area is 172 Å². The van der Waals surface area contributed by atoms with Crippen LogP contribution in [0.25, 0.3) is 11.1 Å². The SMILES string of the molecule is CN1CC[C@@]2(CC[C@H](c3cc(-c4cccc5c4OC(F)(F)O5)ccn3)N2)C1=O.Cl. The number of carbonyl (C=O) groups is 1. The zero-order valence-corrected chi connectivity index (χ0v) is 16.5. The van der Waals surface area contributed by atoms with Crippen molar-refractivity contribution in [3.8, 4) is 22.6 Å². The molecule has 9 heteroatoms. The van der Waals surface area contributed by atoms with Crippen LogP contribution in [0.1, 0.15) is 31.0 Å². The average Bonchev–Trinajstić information content (AvgIpc) is 3.33. The molecule has 3 aliphatic rings. The van der Waals surface area contributed by atoms with E-state index in [2.05, 4.69) is 15.0 Å². The molecule has 1 amide bonds. The van der Waals surface area contributed by atoms with Crippen molar-refractivity contribution < 1.29 is 23.0 Å². The number of likely N-dealkylation sites (N-methyl/N-ethyl adjacent to an activating group) is 1. The smallest absolute Gasteiger partial charge is 0.395 e. The number of amides is 1. The number of benzene rings is 1. The molecule has 0 bridgehead atoms. The highest BCUT2D eigenvalue weighted by atomic mass is 35.5. The Bertz CT molecular complexity index is 974. The van der Waals surface area contributed by atoms with Gasteiger partial charge in [-0.05, 0) is 43.0 Å². The van der Waals surface area contributed by atoms with Gasteiger partial charge in [-0.25, -0.2) is 0 Å². The summed E-state index contributed by atoms with van der Waals surface area (Å²) in [6, 6.07) is 8.35. The van der Waals surface area contributed by atoms with Gasteiger partial charge in [0.15, 0.2) is 11.5 Å². The molecule has 1 N–H and O–H groups in total. The molecule has 1 spiro atoms. The largest absolute Gasteiger partial charge is 0.586 e. The third kappa shape index (κ3) is 3.20. The second-order valence-corrected chi connectivity index (χ2v) is 7.56. The number of alkyl halides is 2. The van der Waals surface area contributed by atoms with Crippen molar-refractivity contribution in [2.24, 2.45) is 0 Å². The van der Waals surface area contributed by atoms with E-state index in [4.69, 9.17) is 4.74 Å². The fourth-order valence-electron chi connectivity index (χ4n) is 4.39. The van der Waals surface area contributed by atoms with Gasteiger partial charge in [0.05, 0.1) is 11.7 Å². The number of nitrogens with one attached hydrogen (secondary N) is 1. The quantitative estimate of drug-likeness (QED) is 0.800. The van der Waals surface area contributed by atoms with Gasteiger partial charge >= 0.3 is 6.29 Å². The van der Waals surface area contributed by atoms with Crippen LogP contribution in [0, 0.1) is 0 Å². The number of likely N-dealkylation sites (tertiary alicyclic amines) is 1. The number of para-hydroxylation sites is 1. The van der Waals surface area contributed by atoms with E-state index in [1.165, 1.54) is 6.07 Å². The number of pyridine rings is 1. The molecular weight excluding hydrogens is 404 g/mol. The number of nitrogens with zero attached hydrogens (tertiary/aromatic N) is 2. The Kier molecular flexibility index (Phi) is 4.66. The Hall–Kier alpha value is -2.45. The van der Waals surface area contributed by atoms with E-state index in [1.54, 1.807) is 29.3 Å². The minimum atomic E-state index is -3.66.